The number of hydrogen-bond donors (Lipinski definition) is 1. The zero-order valence-corrected chi connectivity index (χ0v) is 11.4. The van der Waals surface area contributed by atoms with E-state index in [0.717, 1.165) is 30.4 Å². The normalized spacial score (nSPS) is 11.0. The maximum absolute atomic E-state index is 4.14. The third-order valence-electron chi connectivity index (χ3n) is 2.58. The van der Waals surface area contributed by atoms with Gasteiger partial charge in [0.2, 0.25) is 5.16 Å². The first-order valence-corrected chi connectivity index (χ1v) is 6.80. The average Bonchev–Trinajstić information content (AvgIpc) is 2.97. The molecule has 1 N–H and O–H groups in total. The summed E-state index contributed by atoms with van der Waals surface area (Å²) in [6.07, 6.45) is 2.77. The van der Waals surface area contributed by atoms with Crippen LogP contribution in [0.3, 0.4) is 0 Å². The fourth-order valence-electron chi connectivity index (χ4n) is 1.55. The van der Waals surface area contributed by atoms with E-state index < -0.39 is 0 Å². The molecule has 2 aromatic heterocycles. The van der Waals surface area contributed by atoms with E-state index in [0.29, 0.717) is 0 Å². The summed E-state index contributed by atoms with van der Waals surface area (Å²) in [6.45, 7) is 1.65. The van der Waals surface area contributed by atoms with Crippen LogP contribution >= 0.6 is 11.8 Å². The molecule has 0 aliphatic heterocycles. The van der Waals surface area contributed by atoms with Crippen LogP contribution in [0.1, 0.15) is 5.69 Å². The van der Waals surface area contributed by atoms with Crippen LogP contribution in [0.2, 0.25) is 0 Å². The zero-order valence-electron chi connectivity index (χ0n) is 10.6. The average molecular weight is 267 g/mol. The minimum Gasteiger partial charge on any atom is -0.318 e. The Balaban J connectivity index is 1.83. The number of hydrogen-bond acceptors (Lipinski definition) is 6. The predicted octanol–water partition coefficient (Wildman–Crippen LogP) is -0.0392. The third-order valence-corrected chi connectivity index (χ3v) is 3.54. The van der Waals surface area contributed by atoms with Crippen LogP contribution in [0.15, 0.2) is 17.4 Å². The summed E-state index contributed by atoms with van der Waals surface area (Å²) < 4.78 is 3.72. The Labute approximate surface area is 110 Å². The minimum atomic E-state index is 0.789. The van der Waals surface area contributed by atoms with Crippen molar-refractivity contribution in [2.75, 3.05) is 19.3 Å². The van der Waals surface area contributed by atoms with Gasteiger partial charge in [-0.2, -0.15) is 5.10 Å². The molecule has 0 bridgehead atoms. The van der Waals surface area contributed by atoms with Gasteiger partial charge in [-0.15, -0.1) is 5.10 Å². The summed E-state index contributed by atoms with van der Waals surface area (Å²) in [5.74, 6) is 0.944. The van der Waals surface area contributed by atoms with E-state index >= 15 is 0 Å². The van der Waals surface area contributed by atoms with E-state index in [-0.39, 0.29) is 0 Å². The van der Waals surface area contributed by atoms with E-state index in [1.54, 1.807) is 11.8 Å². The highest BCUT2D eigenvalue weighted by Gasteiger charge is 2.06. The highest BCUT2D eigenvalue weighted by Crippen LogP contribution is 2.15. The van der Waals surface area contributed by atoms with Crippen LogP contribution in [0.4, 0.5) is 0 Å². The lowest BCUT2D eigenvalue weighted by atomic mass is 10.3. The van der Waals surface area contributed by atoms with E-state index in [2.05, 4.69) is 25.9 Å². The van der Waals surface area contributed by atoms with Crippen molar-refractivity contribution in [3.05, 3.63) is 18.0 Å². The van der Waals surface area contributed by atoms with Gasteiger partial charge in [0.05, 0.1) is 6.54 Å². The van der Waals surface area contributed by atoms with Crippen molar-refractivity contribution in [2.24, 2.45) is 7.05 Å². The predicted molar refractivity (Wildman–Crippen MR) is 69.4 cm³/mol. The van der Waals surface area contributed by atoms with Gasteiger partial charge in [-0.25, -0.2) is 4.68 Å². The van der Waals surface area contributed by atoms with E-state index in [1.807, 2.05) is 35.7 Å². The number of likely N-dealkylation sites (N-methyl/N-ethyl adjacent to an activating group) is 1. The quantitative estimate of drug-likeness (QED) is 0.710. The molecule has 2 rings (SSSR count). The number of thioether (sulfide) groups is 1. The van der Waals surface area contributed by atoms with Crippen LogP contribution in [0, 0.1) is 0 Å². The molecule has 0 aromatic carbocycles. The Bertz CT molecular complexity index is 478. The second kappa shape index (κ2) is 6.50. The fourth-order valence-corrected chi connectivity index (χ4v) is 2.42. The summed E-state index contributed by atoms with van der Waals surface area (Å²) in [7, 11) is 3.87. The summed E-state index contributed by atoms with van der Waals surface area (Å²) in [5, 5.41) is 19.8. The zero-order chi connectivity index (χ0) is 12.8. The van der Waals surface area contributed by atoms with Gasteiger partial charge < -0.3 is 5.32 Å². The molecule has 0 saturated carbocycles. The van der Waals surface area contributed by atoms with Gasteiger partial charge in [-0.1, -0.05) is 11.8 Å². The van der Waals surface area contributed by atoms with Crippen molar-refractivity contribution in [3.8, 4) is 0 Å². The lowest BCUT2D eigenvalue weighted by Crippen LogP contribution is -2.16. The number of aromatic nitrogens is 6. The molecule has 0 unspecified atom stereocenters. The Hall–Kier alpha value is -1.41. The molecule has 0 spiro atoms. The molecular formula is C10H17N7S. The molecule has 0 radical (unpaired) electrons. The highest BCUT2D eigenvalue weighted by molar-refractivity contribution is 7.99. The summed E-state index contributed by atoms with van der Waals surface area (Å²) in [5.41, 5.74) is 1.22. The van der Waals surface area contributed by atoms with Gasteiger partial charge in [0.15, 0.2) is 0 Å². The number of rotatable bonds is 7. The van der Waals surface area contributed by atoms with Gasteiger partial charge in [-0.05, 0) is 30.0 Å². The van der Waals surface area contributed by atoms with Crippen molar-refractivity contribution >= 4 is 11.8 Å². The maximum atomic E-state index is 4.14. The Morgan fingerprint density at radius 1 is 1.44 bits per heavy atom. The summed E-state index contributed by atoms with van der Waals surface area (Å²) >= 11 is 1.67. The van der Waals surface area contributed by atoms with Gasteiger partial charge in [0.25, 0.3) is 0 Å². The molecule has 2 heterocycles. The first kappa shape index (κ1) is 13.0. The molecular weight excluding hydrogens is 250 g/mol. The standard InChI is InChI=1S/C10H17N7S/c1-11-6-7-17-10(13-14-15-17)18-8-4-9-3-5-12-16(9)2/h3,5,11H,4,6-8H2,1-2H3. The lowest BCUT2D eigenvalue weighted by molar-refractivity contribution is 0.530. The molecule has 2 aromatic rings. The van der Waals surface area contributed by atoms with Crippen LogP contribution in [0.5, 0.6) is 0 Å². The fraction of sp³-hybridized carbons (Fsp3) is 0.600. The van der Waals surface area contributed by atoms with Crippen LogP contribution in [0.25, 0.3) is 0 Å². The SMILES string of the molecule is CNCCn1nnnc1SCCc1ccnn1C. The minimum absolute atomic E-state index is 0.789. The molecule has 0 aliphatic rings. The number of nitrogens with one attached hydrogen (secondary N) is 1. The van der Waals surface area contributed by atoms with Gasteiger partial charge in [-0.3, -0.25) is 4.68 Å². The molecule has 0 aliphatic carbocycles. The summed E-state index contributed by atoms with van der Waals surface area (Å²) in [4.78, 5) is 0. The number of nitrogens with zero attached hydrogens (tertiary/aromatic N) is 6. The molecule has 0 atom stereocenters. The number of aryl methyl sites for hydroxylation is 2. The first-order chi connectivity index (χ1) is 8.81. The van der Waals surface area contributed by atoms with Crippen molar-refractivity contribution in [3.63, 3.8) is 0 Å². The topological polar surface area (TPSA) is 73.5 Å². The van der Waals surface area contributed by atoms with Crippen molar-refractivity contribution < 1.29 is 0 Å². The van der Waals surface area contributed by atoms with Crippen LogP contribution < -0.4 is 5.32 Å². The molecule has 8 heteroatoms. The molecule has 0 saturated heterocycles. The smallest absolute Gasteiger partial charge is 0.209 e. The molecule has 98 valence electrons. The van der Waals surface area contributed by atoms with Gasteiger partial charge in [0, 0.05) is 31.2 Å². The van der Waals surface area contributed by atoms with E-state index in [1.165, 1.54) is 5.69 Å². The van der Waals surface area contributed by atoms with Crippen LogP contribution in [-0.4, -0.2) is 49.3 Å². The number of tetrazole rings is 1. The lowest BCUT2D eigenvalue weighted by Gasteiger charge is -2.04. The summed E-state index contributed by atoms with van der Waals surface area (Å²) in [6, 6.07) is 2.03. The third kappa shape index (κ3) is 3.30. The second-order valence-corrected chi connectivity index (χ2v) is 4.89. The Morgan fingerprint density at radius 3 is 3.06 bits per heavy atom. The largest absolute Gasteiger partial charge is 0.318 e. The molecule has 0 fully saturated rings. The van der Waals surface area contributed by atoms with Crippen molar-refractivity contribution in [1.29, 1.82) is 0 Å². The van der Waals surface area contributed by atoms with Crippen molar-refractivity contribution in [1.82, 2.24) is 35.3 Å². The van der Waals surface area contributed by atoms with Gasteiger partial charge >= 0.3 is 0 Å². The van der Waals surface area contributed by atoms with Crippen LogP contribution in [-0.2, 0) is 20.0 Å². The molecule has 7 nitrogen and oxygen atoms in total. The molecule has 18 heavy (non-hydrogen) atoms. The van der Waals surface area contributed by atoms with Crippen molar-refractivity contribution in [2.45, 2.75) is 18.1 Å². The second-order valence-electron chi connectivity index (χ2n) is 3.83. The highest BCUT2D eigenvalue weighted by atomic mass is 32.2. The Morgan fingerprint density at radius 2 is 2.33 bits per heavy atom. The van der Waals surface area contributed by atoms with E-state index in [9.17, 15) is 0 Å². The monoisotopic (exact) mass is 267 g/mol. The maximum Gasteiger partial charge on any atom is 0.209 e. The van der Waals surface area contributed by atoms with Gasteiger partial charge in [0.1, 0.15) is 0 Å². The Kier molecular flexibility index (Phi) is 4.71. The van der Waals surface area contributed by atoms with E-state index in [4.69, 9.17) is 0 Å². The first-order valence-electron chi connectivity index (χ1n) is 5.81. The molecule has 0 amide bonds.